The average Bonchev–Trinajstić information content (AvgIpc) is 2.37. The lowest BCUT2D eigenvalue weighted by atomic mass is 10.1. The van der Waals surface area contributed by atoms with Crippen molar-refractivity contribution >= 4 is 21.6 Å². The van der Waals surface area contributed by atoms with E-state index < -0.39 is 11.6 Å². The highest BCUT2D eigenvalue weighted by Crippen LogP contribution is 2.25. The van der Waals surface area contributed by atoms with Crippen molar-refractivity contribution in [3.63, 3.8) is 0 Å². The van der Waals surface area contributed by atoms with Gasteiger partial charge in [-0.25, -0.2) is 8.78 Å². The molecule has 2 aromatic rings. The van der Waals surface area contributed by atoms with Crippen LogP contribution in [0, 0.1) is 18.6 Å². The largest absolute Gasteiger partial charge is 0.496 e. The summed E-state index contributed by atoms with van der Waals surface area (Å²) in [5.41, 5.74) is 1.77. The van der Waals surface area contributed by atoms with Gasteiger partial charge in [-0.2, -0.15) is 0 Å². The maximum Gasteiger partial charge on any atom is 0.150 e. The van der Waals surface area contributed by atoms with Gasteiger partial charge in [-0.1, -0.05) is 28.1 Å². The van der Waals surface area contributed by atoms with Crippen LogP contribution in [0.4, 0.5) is 14.5 Å². The number of ether oxygens (including phenoxy) is 1. The first-order valence-electron chi connectivity index (χ1n) is 6.03. The summed E-state index contributed by atoms with van der Waals surface area (Å²) in [6.45, 7) is 2.25. The molecule has 5 heteroatoms. The molecule has 0 amide bonds. The first-order valence-corrected chi connectivity index (χ1v) is 6.82. The third-order valence-electron chi connectivity index (χ3n) is 2.94. The smallest absolute Gasteiger partial charge is 0.150 e. The predicted molar refractivity (Wildman–Crippen MR) is 79.1 cm³/mol. The Morgan fingerprint density at radius 1 is 1.15 bits per heavy atom. The van der Waals surface area contributed by atoms with Gasteiger partial charge < -0.3 is 10.1 Å². The molecule has 0 aromatic heterocycles. The number of benzene rings is 2. The fourth-order valence-electron chi connectivity index (χ4n) is 1.95. The lowest BCUT2D eigenvalue weighted by Crippen LogP contribution is -2.04. The Bertz CT molecular complexity index is 608. The van der Waals surface area contributed by atoms with Crippen molar-refractivity contribution in [3.05, 3.63) is 57.6 Å². The van der Waals surface area contributed by atoms with E-state index >= 15 is 0 Å². The van der Waals surface area contributed by atoms with Gasteiger partial charge in [0.1, 0.15) is 23.1 Å². The summed E-state index contributed by atoms with van der Waals surface area (Å²) in [5.74, 6) is -0.459. The van der Waals surface area contributed by atoms with Crippen LogP contribution in [-0.2, 0) is 6.54 Å². The fraction of sp³-hybridized carbons (Fsp3) is 0.200. The van der Waals surface area contributed by atoms with Crippen molar-refractivity contribution < 1.29 is 13.5 Å². The minimum atomic E-state index is -0.623. The van der Waals surface area contributed by atoms with Crippen molar-refractivity contribution in [3.8, 4) is 5.75 Å². The molecule has 20 heavy (non-hydrogen) atoms. The molecule has 0 fully saturated rings. The number of aryl methyl sites for hydroxylation is 1. The zero-order valence-electron chi connectivity index (χ0n) is 11.1. The molecule has 0 aliphatic rings. The highest BCUT2D eigenvalue weighted by Gasteiger charge is 2.10. The highest BCUT2D eigenvalue weighted by molar-refractivity contribution is 9.10. The predicted octanol–water partition coefficient (Wildman–Crippen LogP) is 4.66. The topological polar surface area (TPSA) is 21.3 Å². The van der Waals surface area contributed by atoms with Crippen molar-refractivity contribution in [2.75, 3.05) is 12.4 Å². The molecule has 2 aromatic carbocycles. The first kappa shape index (κ1) is 14.8. The van der Waals surface area contributed by atoms with Crippen LogP contribution in [0.25, 0.3) is 0 Å². The number of hydrogen-bond donors (Lipinski definition) is 1. The van der Waals surface area contributed by atoms with E-state index in [0.29, 0.717) is 11.0 Å². The highest BCUT2D eigenvalue weighted by atomic mass is 79.9. The fourth-order valence-corrected chi connectivity index (χ4v) is 2.35. The van der Waals surface area contributed by atoms with Gasteiger partial charge in [0.15, 0.2) is 0 Å². The Morgan fingerprint density at radius 2 is 1.80 bits per heavy atom. The molecule has 0 saturated heterocycles. The molecule has 106 valence electrons. The monoisotopic (exact) mass is 341 g/mol. The second kappa shape index (κ2) is 6.22. The van der Waals surface area contributed by atoms with Crippen LogP contribution in [0.3, 0.4) is 0 Å². The van der Waals surface area contributed by atoms with Gasteiger partial charge >= 0.3 is 0 Å². The van der Waals surface area contributed by atoms with E-state index in [1.165, 1.54) is 12.1 Å². The number of rotatable bonds is 4. The Kier molecular flexibility index (Phi) is 4.60. The van der Waals surface area contributed by atoms with Crippen molar-refractivity contribution in [2.24, 2.45) is 0 Å². The summed E-state index contributed by atoms with van der Waals surface area (Å²) in [6.07, 6.45) is 0. The summed E-state index contributed by atoms with van der Waals surface area (Å²) in [4.78, 5) is 0. The van der Waals surface area contributed by atoms with Gasteiger partial charge in [0.25, 0.3) is 0 Å². The molecule has 0 aliphatic heterocycles. The molecule has 0 atom stereocenters. The molecule has 0 saturated carbocycles. The molecular weight excluding hydrogens is 328 g/mol. The van der Waals surface area contributed by atoms with E-state index in [9.17, 15) is 8.78 Å². The van der Waals surface area contributed by atoms with Gasteiger partial charge in [0.2, 0.25) is 0 Å². The van der Waals surface area contributed by atoms with E-state index in [-0.39, 0.29) is 5.69 Å². The lowest BCUT2D eigenvalue weighted by Gasteiger charge is -2.11. The van der Waals surface area contributed by atoms with Crippen molar-refractivity contribution in [1.29, 1.82) is 0 Å². The van der Waals surface area contributed by atoms with Crippen LogP contribution < -0.4 is 10.1 Å². The van der Waals surface area contributed by atoms with E-state index in [1.807, 2.05) is 25.1 Å². The van der Waals surface area contributed by atoms with Gasteiger partial charge in [-0.05, 0) is 36.2 Å². The summed E-state index contributed by atoms with van der Waals surface area (Å²) >= 11 is 3.05. The van der Waals surface area contributed by atoms with Crippen LogP contribution in [0.1, 0.15) is 11.1 Å². The van der Waals surface area contributed by atoms with Crippen molar-refractivity contribution in [1.82, 2.24) is 0 Å². The lowest BCUT2D eigenvalue weighted by molar-refractivity contribution is 0.411. The summed E-state index contributed by atoms with van der Waals surface area (Å²) in [5, 5.41) is 2.78. The minimum absolute atomic E-state index is 0.123. The van der Waals surface area contributed by atoms with E-state index in [2.05, 4.69) is 21.2 Å². The molecule has 0 bridgehead atoms. The zero-order chi connectivity index (χ0) is 14.7. The van der Waals surface area contributed by atoms with Gasteiger partial charge in [0.05, 0.1) is 7.11 Å². The molecule has 2 rings (SSSR count). The number of halogens is 3. The Morgan fingerprint density at radius 3 is 2.35 bits per heavy atom. The number of hydrogen-bond acceptors (Lipinski definition) is 2. The summed E-state index contributed by atoms with van der Waals surface area (Å²) in [6, 6.07) is 8.06. The van der Waals surface area contributed by atoms with Crippen LogP contribution in [0.15, 0.2) is 34.8 Å². The number of methoxy groups -OCH3 is 1. The van der Waals surface area contributed by atoms with E-state index in [1.54, 1.807) is 7.11 Å². The summed E-state index contributed by atoms with van der Waals surface area (Å²) in [7, 11) is 1.60. The van der Waals surface area contributed by atoms with E-state index in [4.69, 9.17) is 4.74 Å². The van der Waals surface area contributed by atoms with Gasteiger partial charge in [-0.15, -0.1) is 0 Å². The maximum atomic E-state index is 13.7. The van der Waals surface area contributed by atoms with Crippen LogP contribution >= 0.6 is 15.9 Å². The number of anilines is 1. The molecule has 1 N–H and O–H groups in total. The molecule has 0 radical (unpaired) electrons. The Balaban J connectivity index is 2.15. The quantitative estimate of drug-likeness (QED) is 0.873. The molecule has 0 unspecified atom stereocenters. The van der Waals surface area contributed by atoms with Crippen molar-refractivity contribution in [2.45, 2.75) is 13.5 Å². The molecular formula is C15H14BrF2NO. The third-order valence-corrected chi connectivity index (χ3v) is 3.39. The van der Waals surface area contributed by atoms with Crippen LogP contribution in [0.2, 0.25) is 0 Å². The van der Waals surface area contributed by atoms with Crippen LogP contribution in [-0.4, -0.2) is 7.11 Å². The third kappa shape index (κ3) is 3.28. The van der Waals surface area contributed by atoms with E-state index in [0.717, 1.165) is 16.9 Å². The average molecular weight is 342 g/mol. The Labute approximate surface area is 124 Å². The SMILES string of the molecule is COc1ccc(CNc2c(F)cc(Br)cc2F)cc1C. The maximum absolute atomic E-state index is 13.7. The molecule has 0 spiro atoms. The molecule has 0 aliphatic carbocycles. The zero-order valence-corrected chi connectivity index (χ0v) is 12.7. The number of nitrogens with one attached hydrogen (secondary N) is 1. The summed E-state index contributed by atoms with van der Waals surface area (Å²) < 4.78 is 32.9. The van der Waals surface area contributed by atoms with Gasteiger partial charge in [-0.3, -0.25) is 0 Å². The second-order valence-corrected chi connectivity index (χ2v) is 5.32. The van der Waals surface area contributed by atoms with Crippen LogP contribution in [0.5, 0.6) is 5.75 Å². The molecule has 2 nitrogen and oxygen atoms in total. The normalized spacial score (nSPS) is 10.4. The Hall–Kier alpha value is -1.62. The molecule has 0 heterocycles. The second-order valence-electron chi connectivity index (χ2n) is 4.40. The first-order chi connectivity index (χ1) is 9.51. The van der Waals surface area contributed by atoms with Gasteiger partial charge in [0, 0.05) is 11.0 Å². The minimum Gasteiger partial charge on any atom is -0.496 e. The standard InChI is InChI=1S/C15H14BrF2NO/c1-9-5-10(3-4-14(9)20-2)8-19-15-12(17)6-11(16)7-13(15)18/h3-7,19H,8H2,1-2H3.